The molecule has 1 aliphatic heterocycles. The van der Waals surface area contributed by atoms with Gasteiger partial charge in [-0.1, -0.05) is 94.4 Å². The van der Waals surface area contributed by atoms with Crippen LogP contribution in [0.5, 0.6) is 0 Å². The highest BCUT2D eigenvalue weighted by Gasteiger charge is 2.44. The van der Waals surface area contributed by atoms with E-state index in [1.807, 2.05) is 101 Å². The number of amides is 3. The van der Waals surface area contributed by atoms with Crippen LogP contribution in [0.4, 0.5) is 0 Å². The van der Waals surface area contributed by atoms with E-state index in [9.17, 15) is 24.3 Å². The first kappa shape index (κ1) is 49.9. The van der Waals surface area contributed by atoms with Crippen molar-refractivity contribution in [2.75, 3.05) is 46.1 Å². The lowest BCUT2D eigenvalue weighted by atomic mass is 9.85. The molecule has 2 aromatic heterocycles. The molecule has 0 aliphatic carbocycles. The van der Waals surface area contributed by atoms with Gasteiger partial charge >= 0.3 is 0 Å². The molecular formula is C51H64N6O8S. The van der Waals surface area contributed by atoms with E-state index in [1.165, 1.54) is 21.9 Å². The number of hydrogen-bond donors (Lipinski definition) is 5. The van der Waals surface area contributed by atoms with Gasteiger partial charge in [-0.3, -0.25) is 29.3 Å². The van der Waals surface area contributed by atoms with E-state index in [0.29, 0.717) is 26.3 Å². The highest BCUT2D eigenvalue weighted by atomic mass is 32.1. The van der Waals surface area contributed by atoms with Gasteiger partial charge in [-0.15, -0.1) is 11.3 Å². The molecule has 4 atom stereocenters. The number of ether oxygens (including phenoxy) is 2. The molecule has 6 rings (SSSR count). The van der Waals surface area contributed by atoms with Gasteiger partial charge in [0.05, 0.1) is 54.7 Å². The number of H-pyrrole nitrogens is 1. The number of rotatable bonds is 23. The maximum Gasteiger partial charge on any atom is 0.267 e. The zero-order valence-electron chi connectivity index (χ0n) is 38.6. The smallest absolute Gasteiger partial charge is 0.267 e. The summed E-state index contributed by atoms with van der Waals surface area (Å²) in [6.07, 6.45) is 5.38. The minimum atomic E-state index is -0.914. The second-order valence-electron chi connectivity index (χ2n) is 18.1. The van der Waals surface area contributed by atoms with Gasteiger partial charge in [0.15, 0.2) is 5.78 Å². The molecule has 3 aromatic carbocycles. The number of nitrogens with one attached hydrogen (secondary N) is 3. The van der Waals surface area contributed by atoms with E-state index in [4.69, 9.17) is 14.7 Å². The number of hydrogen-bond acceptors (Lipinski definition) is 11. The van der Waals surface area contributed by atoms with Crippen LogP contribution in [0.25, 0.3) is 27.4 Å². The summed E-state index contributed by atoms with van der Waals surface area (Å²) in [5.74, 6) is -1.53. The molecule has 1 saturated heterocycles. The van der Waals surface area contributed by atoms with Crippen molar-refractivity contribution in [1.29, 1.82) is 0 Å². The zero-order valence-corrected chi connectivity index (χ0v) is 39.4. The normalized spacial score (nSPS) is 16.3. The molecule has 0 radical (unpaired) electrons. The first-order valence-corrected chi connectivity index (χ1v) is 23.5. The summed E-state index contributed by atoms with van der Waals surface area (Å²) in [4.78, 5) is 65.2. The topological polar surface area (TPSA) is 186 Å². The van der Waals surface area contributed by atoms with Crippen molar-refractivity contribution >= 4 is 51.8 Å². The molecule has 14 nitrogen and oxygen atoms in total. The van der Waals surface area contributed by atoms with E-state index >= 15 is 0 Å². The Morgan fingerprint density at radius 3 is 2.41 bits per heavy atom. The number of carbonyl (C=O) groups excluding carboxylic acids is 4. The fraction of sp³-hybridized carbons (Fsp3) is 0.431. The number of β-amino-alcohol motifs (C(OH)–C–C–N with tert-alkyl or cyclic N) is 1. The molecule has 5 N–H and O–H groups in total. The van der Waals surface area contributed by atoms with Gasteiger partial charge < -0.3 is 29.8 Å². The summed E-state index contributed by atoms with van der Waals surface area (Å²) < 4.78 is 11.7. The van der Waals surface area contributed by atoms with Crippen LogP contribution >= 0.6 is 11.3 Å². The Morgan fingerprint density at radius 1 is 0.985 bits per heavy atom. The van der Waals surface area contributed by atoms with Crippen LogP contribution in [0, 0.1) is 12.3 Å². The van der Waals surface area contributed by atoms with Crippen molar-refractivity contribution < 1.29 is 39.0 Å². The predicted molar refractivity (Wildman–Crippen MR) is 257 cm³/mol. The predicted octanol–water partition coefficient (Wildman–Crippen LogP) is 6.84. The average Bonchev–Trinajstić information content (AvgIpc) is 4.05. The number of ketones is 1. The number of aliphatic hydroxyl groups excluding tert-OH is 1. The maximum absolute atomic E-state index is 14.1. The Labute approximate surface area is 391 Å². The largest absolute Gasteiger partial charge is 0.391 e. The van der Waals surface area contributed by atoms with E-state index in [-0.39, 0.29) is 62.5 Å². The number of aliphatic hydroxyl groups is 1. The fourth-order valence-electron chi connectivity index (χ4n) is 8.28. The summed E-state index contributed by atoms with van der Waals surface area (Å²) in [7, 11) is 0. The summed E-state index contributed by atoms with van der Waals surface area (Å²) in [5.41, 5.74) is 10.1. The van der Waals surface area contributed by atoms with Gasteiger partial charge in [-0.25, -0.2) is 10.5 Å². The monoisotopic (exact) mass is 920 g/mol. The first-order chi connectivity index (χ1) is 31.7. The fourth-order valence-corrected chi connectivity index (χ4v) is 9.09. The number of Topliss-reactive ketones (excluding diaryl/α,β-unsaturated/α-hetero) is 1. The lowest BCUT2D eigenvalue weighted by molar-refractivity contribution is -0.143. The molecule has 0 saturated carbocycles. The van der Waals surface area contributed by atoms with Gasteiger partial charge in [-0.2, -0.15) is 0 Å². The van der Waals surface area contributed by atoms with Crippen LogP contribution in [-0.2, 0) is 41.6 Å². The van der Waals surface area contributed by atoms with Crippen LogP contribution in [-0.4, -0.2) is 118 Å². The summed E-state index contributed by atoms with van der Waals surface area (Å²) in [6, 6.07) is 22.6. The second-order valence-corrected chi connectivity index (χ2v) is 19.0. The Kier molecular flexibility index (Phi) is 18.0. The van der Waals surface area contributed by atoms with Crippen LogP contribution in [0.2, 0.25) is 0 Å². The average molecular weight is 921 g/mol. The molecule has 0 unspecified atom stereocenters. The lowest BCUT2D eigenvalue weighted by Crippen LogP contribution is -2.57. The SMILES string of the molecule is Cc1ncsc1-c1ccc([C@H](C)CC(=O)[C@H]2C[C@@H](O)CN2C(=O)[C@@H](NC(=O)CCOCCOCCN(CCc2c[nH]c3ccccc23)Cc2ccc(/C=C/C(=O)NO)cc2)C(C)(C)C)cc1. The third-order valence-electron chi connectivity index (χ3n) is 12.0. The van der Waals surface area contributed by atoms with Crippen molar-refractivity contribution in [1.82, 2.24) is 30.6 Å². The standard InChI is InChI=1S/C51H64N6O8S/c1-34(38-15-17-39(18-16-38)48-35(2)53-33-66-48)28-45(59)44-29-41(58)32-57(44)50(62)49(51(3,4)5)54-46(60)21-24-64-26-27-65-25-23-56(22-20-40-30-52-43-9-7-6-8-42(40)43)31-37-12-10-36(11-13-37)14-19-47(61)55-63/h6-19,30,33-34,41,44,49,52,58,63H,20-29,31-32H2,1-5H3,(H,54,60)(H,55,61)/b19-14+/t34-,41-,44-,49-/m1/s1. The molecule has 3 heterocycles. The van der Waals surface area contributed by atoms with Gasteiger partial charge in [0.2, 0.25) is 11.8 Å². The van der Waals surface area contributed by atoms with E-state index in [1.54, 1.807) is 22.9 Å². The quantitative estimate of drug-likeness (QED) is 0.0201. The van der Waals surface area contributed by atoms with Crippen molar-refractivity contribution in [3.63, 3.8) is 0 Å². The number of likely N-dealkylation sites (tertiary alicyclic amines) is 1. The van der Waals surface area contributed by atoms with Crippen LogP contribution in [0.3, 0.4) is 0 Å². The molecule has 1 fully saturated rings. The maximum atomic E-state index is 14.1. The zero-order chi connectivity index (χ0) is 47.2. The number of benzene rings is 3. The molecule has 5 aromatic rings. The van der Waals surface area contributed by atoms with Crippen molar-refractivity contribution in [2.24, 2.45) is 5.41 Å². The highest BCUT2D eigenvalue weighted by Crippen LogP contribution is 2.32. The van der Waals surface area contributed by atoms with E-state index < -0.39 is 29.5 Å². The third-order valence-corrected chi connectivity index (χ3v) is 13.0. The molecule has 352 valence electrons. The molecule has 0 spiro atoms. The third kappa shape index (κ3) is 14.0. The molecule has 66 heavy (non-hydrogen) atoms. The summed E-state index contributed by atoms with van der Waals surface area (Å²) >= 11 is 1.59. The summed E-state index contributed by atoms with van der Waals surface area (Å²) in [6.45, 7) is 13.0. The van der Waals surface area contributed by atoms with Crippen molar-refractivity contribution in [3.05, 3.63) is 119 Å². The van der Waals surface area contributed by atoms with Gasteiger partial charge in [-0.05, 0) is 64.6 Å². The minimum Gasteiger partial charge on any atom is -0.391 e. The van der Waals surface area contributed by atoms with E-state index in [2.05, 4.69) is 38.5 Å². The molecule has 1 aliphatic rings. The van der Waals surface area contributed by atoms with Crippen LogP contribution < -0.4 is 10.8 Å². The van der Waals surface area contributed by atoms with Gasteiger partial charge in [0.1, 0.15) is 6.04 Å². The van der Waals surface area contributed by atoms with E-state index in [0.717, 1.165) is 51.3 Å². The molecule has 3 amide bonds. The lowest BCUT2D eigenvalue weighted by Gasteiger charge is -2.35. The molecule has 15 heteroatoms. The molecule has 0 bridgehead atoms. The highest BCUT2D eigenvalue weighted by molar-refractivity contribution is 7.13. The number of thiazole rings is 1. The minimum absolute atomic E-state index is 0.0277. The Hall–Kier alpha value is -5.55. The number of aryl methyl sites for hydroxylation is 1. The Bertz CT molecular complexity index is 2410. The number of aromatic amines is 1. The summed E-state index contributed by atoms with van der Waals surface area (Å²) in [5, 5.41) is 23.6. The van der Waals surface area contributed by atoms with Gasteiger partial charge in [0.25, 0.3) is 5.91 Å². The van der Waals surface area contributed by atoms with Crippen LogP contribution in [0.1, 0.15) is 80.8 Å². The van der Waals surface area contributed by atoms with Crippen LogP contribution in [0.15, 0.2) is 90.6 Å². The second kappa shape index (κ2) is 23.8. The number of hydroxylamine groups is 1. The van der Waals surface area contributed by atoms with Crippen molar-refractivity contribution in [3.8, 4) is 10.4 Å². The number of fused-ring (bicyclic) bond motifs is 1. The number of aromatic nitrogens is 2. The van der Waals surface area contributed by atoms with Gasteiger partial charge in [0, 0.05) is 68.6 Å². The Morgan fingerprint density at radius 2 is 1.71 bits per heavy atom. The number of nitrogens with zero attached hydrogens (tertiary/aromatic N) is 3. The Balaban J connectivity index is 0.943. The molecular weight excluding hydrogens is 857 g/mol. The first-order valence-electron chi connectivity index (χ1n) is 22.6. The number of carbonyl (C=O) groups is 4. The van der Waals surface area contributed by atoms with Crippen molar-refractivity contribution in [2.45, 2.75) is 91.0 Å². The number of para-hydroxylation sites is 1.